The molecule has 0 spiro atoms. The van der Waals surface area contributed by atoms with Crippen LogP contribution in [0.1, 0.15) is 10.4 Å². The Morgan fingerprint density at radius 2 is 1.41 bits per heavy atom. The van der Waals surface area contributed by atoms with Crippen molar-refractivity contribution in [3.63, 3.8) is 0 Å². The molecule has 0 unspecified atom stereocenters. The molecule has 3 heteroatoms. The van der Waals surface area contributed by atoms with Gasteiger partial charge in [0.25, 0.3) is 0 Å². The van der Waals surface area contributed by atoms with Crippen LogP contribution in [0.3, 0.4) is 0 Å². The van der Waals surface area contributed by atoms with Crippen molar-refractivity contribution in [2.75, 3.05) is 7.11 Å². The number of aromatic carboxylic acids is 1. The van der Waals surface area contributed by atoms with Crippen molar-refractivity contribution in [2.45, 2.75) is 0 Å². The van der Waals surface area contributed by atoms with Gasteiger partial charge in [-0.1, -0.05) is 48.5 Å². The first-order chi connectivity index (χ1) is 8.25. The number of carboxylic acid groups (broad SMARTS) is 1. The summed E-state index contributed by atoms with van der Waals surface area (Å²) in [6.45, 7) is 0. The number of hydrogen-bond donors (Lipinski definition) is 1. The fraction of sp³-hybridized carbons (Fsp3) is 0.0714. The number of para-hydroxylation sites is 1. The smallest absolute Gasteiger partial charge is 0.339 e. The van der Waals surface area contributed by atoms with Crippen LogP contribution in [0.2, 0.25) is 0 Å². The van der Waals surface area contributed by atoms with Gasteiger partial charge >= 0.3 is 5.97 Å². The van der Waals surface area contributed by atoms with Crippen molar-refractivity contribution in [1.82, 2.24) is 0 Å². The molecule has 0 aromatic heterocycles. The second-order valence-electron chi connectivity index (χ2n) is 3.16. The zero-order chi connectivity index (χ0) is 12.5. The maximum absolute atomic E-state index is 10.5. The Morgan fingerprint density at radius 1 is 0.941 bits per heavy atom. The number of methoxy groups -OCH3 is 1. The standard InChI is InChI=1S/C8H8O3.C6H6/c1-11-7-5-3-2-4-6(7)8(9)10;1-2-4-6-5-3-1/h2-5H,1H3,(H,9,10);1-6H. The zero-order valence-electron chi connectivity index (χ0n) is 9.54. The minimum atomic E-state index is -0.970. The molecular weight excluding hydrogens is 216 g/mol. The van der Waals surface area contributed by atoms with E-state index in [1.165, 1.54) is 13.2 Å². The highest BCUT2D eigenvalue weighted by Crippen LogP contribution is 2.16. The maximum atomic E-state index is 10.5. The summed E-state index contributed by atoms with van der Waals surface area (Å²) in [7, 11) is 1.45. The van der Waals surface area contributed by atoms with Gasteiger partial charge in [0.15, 0.2) is 0 Å². The molecule has 88 valence electrons. The van der Waals surface area contributed by atoms with Crippen molar-refractivity contribution in [1.29, 1.82) is 0 Å². The molecule has 17 heavy (non-hydrogen) atoms. The summed E-state index contributed by atoms with van der Waals surface area (Å²) < 4.78 is 4.83. The molecule has 2 rings (SSSR count). The lowest BCUT2D eigenvalue weighted by atomic mass is 10.2. The molecular formula is C14H14O3. The normalized spacial score (nSPS) is 8.76. The molecule has 1 N–H and O–H groups in total. The van der Waals surface area contributed by atoms with E-state index in [-0.39, 0.29) is 5.56 Å². The quantitative estimate of drug-likeness (QED) is 0.862. The van der Waals surface area contributed by atoms with Crippen LogP contribution >= 0.6 is 0 Å². The molecule has 2 aromatic rings. The third-order valence-corrected chi connectivity index (χ3v) is 2.00. The van der Waals surface area contributed by atoms with Gasteiger partial charge in [0.1, 0.15) is 11.3 Å². The van der Waals surface area contributed by atoms with Gasteiger partial charge in [-0.2, -0.15) is 0 Å². The summed E-state index contributed by atoms with van der Waals surface area (Å²) in [6, 6.07) is 18.5. The van der Waals surface area contributed by atoms with E-state index in [2.05, 4.69) is 0 Å². The molecule has 0 saturated heterocycles. The molecule has 0 radical (unpaired) electrons. The van der Waals surface area contributed by atoms with Crippen LogP contribution in [0.4, 0.5) is 0 Å². The first-order valence-corrected chi connectivity index (χ1v) is 5.12. The summed E-state index contributed by atoms with van der Waals surface area (Å²) in [6.07, 6.45) is 0. The molecule has 0 atom stereocenters. The number of rotatable bonds is 2. The summed E-state index contributed by atoms with van der Waals surface area (Å²) in [5.74, 6) is -0.581. The average molecular weight is 230 g/mol. The summed E-state index contributed by atoms with van der Waals surface area (Å²) in [5.41, 5.74) is 0.190. The Hall–Kier alpha value is -2.29. The van der Waals surface area contributed by atoms with Gasteiger partial charge in [0.2, 0.25) is 0 Å². The predicted molar refractivity (Wildman–Crippen MR) is 66.4 cm³/mol. The monoisotopic (exact) mass is 230 g/mol. The Kier molecular flexibility index (Phi) is 5.31. The Morgan fingerprint density at radius 3 is 1.76 bits per heavy atom. The molecule has 0 amide bonds. The summed E-state index contributed by atoms with van der Waals surface area (Å²) in [4.78, 5) is 10.5. The van der Waals surface area contributed by atoms with Crippen LogP contribution in [0.25, 0.3) is 0 Å². The van der Waals surface area contributed by atoms with E-state index in [1.807, 2.05) is 36.4 Å². The van der Waals surface area contributed by atoms with Crippen LogP contribution in [-0.2, 0) is 0 Å². The molecule has 3 nitrogen and oxygen atoms in total. The van der Waals surface area contributed by atoms with Crippen LogP contribution < -0.4 is 4.74 Å². The fourth-order valence-electron chi connectivity index (χ4n) is 1.21. The van der Waals surface area contributed by atoms with Crippen molar-refractivity contribution < 1.29 is 14.6 Å². The van der Waals surface area contributed by atoms with Gasteiger partial charge in [-0.05, 0) is 12.1 Å². The van der Waals surface area contributed by atoms with E-state index < -0.39 is 5.97 Å². The average Bonchev–Trinajstić information content (AvgIpc) is 2.41. The number of carboxylic acids is 1. The minimum Gasteiger partial charge on any atom is -0.496 e. The molecule has 2 aromatic carbocycles. The topological polar surface area (TPSA) is 46.5 Å². The highest BCUT2D eigenvalue weighted by atomic mass is 16.5. The number of benzene rings is 2. The minimum absolute atomic E-state index is 0.190. The molecule has 0 bridgehead atoms. The van der Waals surface area contributed by atoms with Gasteiger partial charge in [0, 0.05) is 0 Å². The molecule has 0 aliphatic carbocycles. The van der Waals surface area contributed by atoms with Crippen molar-refractivity contribution in [2.24, 2.45) is 0 Å². The number of hydrogen-bond acceptors (Lipinski definition) is 2. The maximum Gasteiger partial charge on any atom is 0.339 e. The van der Waals surface area contributed by atoms with E-state index in [1.54, 1.807) is 18.2 Å². The predicted octanol–water partition coefficient (Wildman–Crippen LogP) is 3.08. The molecule has 0 aliphatic heterocycles. The van der Waals surface area contributed by atoms with Gasteiger partial charge in [0.05, 0.1) is 7.11 Å². The first kappa shape index (κ1) is 12.8. The Labute approximate surface area is 100 Å². The largest absolute Gasteiger partial charge is 0.496 e. The Bertz CT molecular complexity index is 425. The lowest BCUT2D eigenvalue weighted by Crippen LogP contribution is -1.99. The third-order valence-electron chi connectivity index (χ3n) is 2.00. The molecule has 0 aliphatic rings. The SMILES string of the molecule is COc1ccccc1C(=O)O.c1ccccc1. The van der Waals surface area contributed by atoms with Crippen LogP contribution in [0.5, 0.6) is 5.75 Å². The van der Waals surface area contributed by atoms with Crippen LogP contribution in [0.15, 0.2) is 60.7 Å². The van der Waals surface area contributed by atoms with Gasteiger partial charge in [-0.3, -0.25) is 0 Å². The summed E-state index contributed by atoms with van der Waals surface area (Å²) in [5, 5.41) is 8.62. The molecule has 0 heterocycles. The van der Waals surface area contributed by atoms with Crippen molar-refractivity contribution in [3.8, 4) is 5.75 Å². The van der Waals surface area contributed by atoms with Crippen LogP contribution in [-0.4, -0.2) is 18.2 Å². The highest BCUT2D eigenvalue weighted by molar-refractivity contribution is 5.90. The molecule has 0 saturated carbocycles. The lowest BCUT2D eigenvalue weighted by Gasteiger charge is -2.01. The second kappa shape index (κ2) is 7.06. The van der Waals surface area contributed by atoms with Gasteiger partial charge < -0.3 is 9.84 Å². The number of carbonyl (C=O) groups is 1. The van der Waals surface area contributed by atoms with E-state index in [0.29, 0.717) is 5.75 Å². The Balaban J connectivity index is 0.000000202. The van der Waals surface area contributed by atoms with Crippen molar-refractivity contribution >= 4 is 5.97 Å². The summed E-state index contributed by atoms with van der Waals surface area (Å²) >= 11 is 0. The second-order valence-corrected chi connectivity index (χ2v) is 3.16. The fourth-order valence-corrected chi connectivity index (χ4v) is 1.21. The van der Waals surface area contributed by atoms with Crippen molar-refractivity contribution in [3.05, 3.63) is 66.2 Å². The first-order valence-electron chi connectivity index (χ1n) is 5.12. The van der Waals surface area contributed by atoms with Crippen LogP contribution in [0, 0.1) is 0 Å². The van der Waals surface area contributed by atoms with E-state index in [4.69, 9.17) is 9.84 Å². The van der Waals surface area contributed by atoms with E-state index in [9.17, 15) is 4.79 Å². The lowest BCUT2D eigenvalue weighted by molar-refractivity contribution is 0.0693. The van der Waals surface area contributed by atoms with E-state index >= 15 is 0 Å². The highest BCUT2D eigenvalue weighted by Gasteiger charge is 2.07. The van der Waals surface area contributed by atoms with Gasteiger partial charge in [-0.15, -0.1) is 0 Å². The van der Waals surface area contributed by atoms with Gasteiger partial charge in [-0.25, -0.2) is 4.79 Å². The van der Waals surface area contributed by atoms with E-state index in [0.717, 1.165) is 0 Å². The number of ether oxygens (including phenoxy) is 1. The zero-order valence-corrected chi connectivity index (χ0v) is 9.54. The third kappa shape index (κ3) is 4.38. The molecule has 0 fully saturated rings.